The van der Waals surface area contributed by atoms with Crippen molar-refractivity contribution in [2.24, 2.45) is 5.92 Å². The van der Waals surface area contributed by atoms with Gasteiger partial charge in [-0.25, -0.2) is 83.3 Å². The van der Waals surface area contributed by atoms with E-state index in [2.05, 4.69) is 117 Å². The quantitative estimate of drug-likeness (QED) is 0.0424. The molecule has 0 saturated heterocycles. The van der Waals surface area contributed by atoms with E-state index in [1.807, 2.05) is 0 Å². The zero-order chi connectivity index (χ0) is 42.1. The number of nitrogens with zero attached hydrogens (tertiary/aromatic N) is 6. The number of carbonyl (C=O) groups excluding carboxylic acids is 1. The minimum absolute atomic E-state index is 0. The van der Waals surface area contributed by atoms with Crippen molar-refractivity contribution >= 4 is 6.41 Å². The molecule has 3 aromatic heterocycles. The molecule has 24 heteroatoms. The van der Waals surface area contributed by atoms with E-state index in [0.29, 0.717) is 24.5 Å². The third-order valence-corrected chi connectivity index (χ3v) is 8.30. The summed E-state index contributed by atoms with van der Waals surface area (Å²) in [5, 5.41) is 2.76. The van der Waals surface area contributed by atoms with Crippen molar-refractivity contribution in [1.29, 1.82) is 0 Å². The van der Waals surface area contributed by atoms with Gasteiger partial charge < -0.3 is 5.32 Å². The molecule has 0 aliphatic rings. The molecule has 0 spiro atoms. The number of unbranched alkanes of at least 4 members (excludes halogenated alkanes) is 2. The van der Waals surface area contributed by atoms with Crippen LogP contribution in [0.5, 0.6) is 0 Å². The van der Waals surface area contributed by atoms with Crippen molar-refractivity contribution in [2.75, 3.05) is 6.54 Å². The van der Waals surface area contributed by atoms with Crippen molar-refractivity contribution in [2.45, 2.75) is 130 Å². The van der Waals surface area contributed by atoms with Crippen molar-refractivity contribution in [3.63, 3.8) is 0 Å². The summed E-state index contributed by atoms with van der Waals surface area (Å²) in [5.41, 5.74) is 0. The average Bonchev–Trinajstić information content (AvgIpc) is 3.83. The van der Waals surface area contributed by atoms with Gasteiger partial charge in [-0.05, 0) is 44.9 Å². The first-order valence-electron chi connectivity index (χ1n) is 17.8. The van der Waals surface area contributed by atoms with Gasteiger partial charge in [0.2, 0.25) is 25.4 Å². The van der Waals surface area contributed by atoms with Gasteiger partial charge in [0.15, 0.2) is 0 Å². The van der Waals surface area contributed by atoms with Gasteiger partial charge in [0, 0.05) is 39.3 Å². The zero-order valence-corrected chi connectivity index (χ0v) is 35.9. The minimum atomic E-state index is -4.94. The normalized spacial score (nSPS) is 13.1. The number of amides is 1. The molecule has 1 amide bonds. The largest absolute Gasteiger partial charge is 0.359 e. The number of rotatable bonds is 22. The maximum absolute atomic E-state index is 10.5. The van der Waals surface area contributed by atoms with Crippen LogP contribution in [0.3, 0.4) is 0 Å². The molecule has 0 aliphatic carbocycles. The minimum Gasteiger partial charge on any atom is -0.359 e. The number of nitrogens with one attached hydrogen (secondary N) is 1. The predicted molar refractivity (Wildman–Crippen MR) is 158 cm³/mol. The molecule has 0 radical (unpaired) electrons. The van der Waals surface area contributed by atoms with E-state index in [-0.39, 0.29) is 20.4 Å². The number of imidazole rings is 3. The van der Waals surface area contributed by atoms with E-state index < -0.39 is 30.7 Å². The van der Waals surface area contributed by atoms with Gasteiger partial charge >= 0.3 is 0 Å². The Morgan fingerprint density at radius 1 is 0.625 bits per heavy atom. The predicted octanol–water partition coefficient (Wildman–Crippen LogP) is -9.49. The Hall–Kier alpha value is -1.85. The monoisotopic (exact) mass is 957 g/mol. The summed E-state index contributed by atoms with van der Waals surface area (Å²) >= 11 is 0. The first kappa shape index (κ1) is 56.2. The fourth-order valence-corrected chi connectivity index (χ4v) is 5.76. The molecular weight excluding hydrogens is 903 g/mol. The Morgan fingerprint density at radius 2 is 1.07 bits per heavy atom. The fraction of sp³-hybridized carbons (Fsp3) is 0.688. The molecule has 0 aliphatic heterocycles. The van der Waals surface area contributed by atoms with E-state index in [9.17, 15) is 4.79 Å². The SMILES string of the molecule is CCCC[n+]1ccn(C(CC)CCC(CC(CC)n2cc[n+](CCCC)c2)C[n+]2ccn(CCCNC=O)c2)c1.[O-][Cl+3]([O-])([O-])[O-].[O-][Cl+3]([O-])([O-])[O-].[O-][Cl+3]([O-])([O-])[O-].[Pd]. The first-order valence-corrected chi connectivity index (χ1v) is 21.5. The second-order valence-electron chi connectivity index (χ2n) is 12.6. The number of halogens is 3. The molecule has 20 nitrogen and oxygen atoms in total. The topological polar surface area (TPSA) is 332 Å². The van der Waals surface area contributed by atoms with Crippen molar-refractivity contribution < 1.29 is 126 Å². The third-order valence-electron chi connectivity index (χ3n) is 8.30. The molecule has 328 valence electrons. The van der Waals surface area contributed by atoms with Gasteiger partial charge in [0.25, 0.3) is 0 Å². The molecule has 3 rings (SSSR count). The molecule has 3 heterocycles. The van der Waals surface area contributed by atoms with E-state index in [1.54, 1.807) is 0 Å². The molecular formula is C32H56Cl3N7O13Pd. The van der Waals surface area contributed by atoms with E-state index >= 15 is 0 Å². The van der Waals surface area contributed by atoms with E-state index in [1.165, 1.54) is 44.9 Å². The zero-order valence-electron chi connectivity index (χ0n) is 32.1. The van der Waals surface area contributed by atoms with Gasteiger partial charge in [-0.3, -0.25) is 4.79 Å². The third kappa shape index (κ3) is 33.2. The number of carbonyl (C=O) groups is 1. The summed E-state index contributed by atoms with van der Waals surface area (Å²) < 4.78 is 116. The summed E-state index contributed by atoms with van der Waals surface area (Å²) in [6.07, 6.45) is 32.8. The van der Waals surface area contributed by atoms with Crippen LogP contribution in [0.4, 0.5) is 0 Å². The first-order chi connectivity index (χ1) is 25.6. The Labute approximate surface area is 348 Å². The van der Waals surface area contributed by atoms with Crippen molar-refractivity contribution in [3.05, 3.63) is 56.2 Å². The van der Waals surface area contributed by atoms with Crippen LogP contribution in [0.25, 0.3) is 0 Å². The number of aryl methyl sites for hydroxylation is 3. The van der Waals surface area contributed by atoms with Gasteiger partial charge in [-0.2, -0.15) is 0 Å². The maximum atomic E-state index is 10.5. The Balaban J connectivity index is 0. The van der Waals surface area contributed by atoms with Gasteiger partial charge in [-0.1, -0.05) is 40.5 Å². The number of aromatic nitrogens is 6. The summed E-state index contributed by atoms with van der Waals surface area (Å²) in [7, 11) is -14.8. The Morgan fingerprint density at radius 3 is 1.50 bits per heavy atom. The van der Waals surface area contributed by atoms with Crippen LogP contribution in [0.2, 0.25) is 0 Å². The molecule has 0 fully saturated rings. The summed E-state index contributed by atoms with van der Waals surface area (Å²) in [6.45, 7) is 14.0. The summed E-state index contributed by atoms with van der Waals surface area (Å²) in [6, 6.07) is 1.04. The molecule has 3 aromatic rings. The fourth-order valence-electron chi connectivity index (χ4n) is 5.76. The molecule has 3 unspecified atom stereocenters. The second kappa shape index (κ2) is 30.2. The van der Waals surface area contributed by atoms with Gasteiger partial charge in [0.1, 0.15) is 49.3 Å². The smallest absolute Gasteiger partial charge is 0.243 e. The van der Waals surface area contributed by atoms with Crippen molar-refractivity contribution in [1.82, 2.24) is 19.0 Å². The van der Waals surface area contributed by atoms with Crippen LogP contribution in [0, 0.1) is 36.6 Å². The van der Waals surface area contributed by atoms with Crippen LogP contribution < -0.4 is 74.9 Å². The van der Waals surface area contributed by atoms with Crippen molar-refractivity contribution in [3.8, 4) is 0 Å². The molecule has 3 atom stereocenters. The molecule has 1 N–H and O–H groups in total. The standard InChI is InChI=1S/C32H55N7O.3ClHO4.Pd/c1-5-9-15-35-20-22-38(28-35)31(7-3)13-12-30(25-37-19-18-34(27-37)17-11-14-33-26-40)24-32(8-4)39-23-21-36(29-39)16-10-6-2;3*2-1(3,4)5;/h18-23,26-32H,5-17,24-25H2,1-4H3;3*(H,2,3,4,5);/q+2;;;;/p-2. The van der Waals surface area contributed by atoms with Crippen LogP contribution in [0.1, 0.15) is 104 Å². The summed E-state index contributed by atoms with van der Waals surface area (Å²) in [5.74, 6) is 0.589. The van der Waals surface area contributed by atoms with Crippen LogP contribution in [-0.4, -0.2) is 26.7 Å². The number of hydrogen-bond acceptors (Lipinski definition) is 13. The Kier molecular flexibility index (Phi) is 30.4. The van der Waals surface area contributed by atoms with E-state index in [4.69, 9.17) is 55.9 Å². The molecule has 0 aromatic carbocycles. The van der Waals surface area contributed by atoms with Crippen LogP contribution in [-0.2, 0) is 51.4 Å². The van der Waals surface area contributed by atoms with Crippen LogP contribution >= 0.6 is 0 Å². The Bertz CT molecular complexity index is 1360. The van der Waals surface area contributed by atoms with Gasteiger partial charge in [0.05, 0.1) is 26.2 Å². The van der Waals surface area contributed by atoms with Crippen LogP contribution in [0.15, 0.2) is 56.2 Å². The second-order valence-corrected chi connectivity index (χ2v) is 14.9. The van der Waals surface area contributed by atoms with E-state index in [0.717, 1.165) is 51.9 Å². The molecule has 56 heavy (non-hydrogen) atoms. The molecule has 0 bridgehead atoms. The summed E-state index contributed by atoms with van der Waals surface area (Å²) in [4.78, 5) is 10.5. The maximum Gasteiger partial charge on any atom is 0.243 e. The van der Waals surface area contributed by atoms with Gasteiger partial charge in [-0.15, -0.1) is 30.7 Å². The average molecular weight is 960 g/mol. The molecule has 0 saturated carbocycles. The number of hydrogen-bond donors (Lipinski definition) is 1.